The fourth-order valence-corrected chi connectivity index (χ4v) is 10.6. The standard InChI is InChI=1S/C50H69NO29/c1-17-30(57)34(61)37(64)47(72-17)79-42-39(66)49(76-28(14-55)41(42)78-48-38(65)35(62)31(58)25(11-52)73-48)77-40-27(13-54)75-46(29(33(40)60)51-18(2)56)80-43-36(63)32(59)26(12-53)74-50(43)71-16-24(44(67)68)45(69)70-15-23-21-9-5-3-7-19(21)20-8-4-6-10-22(20)23/h3-10,17,23-43,46-50,52-55,57-66H,11-16H2,1-2H3,(H,51,56)(H,67,68)/t17-,24?,25+,26+,27+,28+,29+,30+,31-,32+,33+,34+,35-,36-,37-,38+,39+,40+,41-,42+,43-,46-,47-,48-,49-,50-/m0/s1. The van der Waals surface area contributed by atoms with Crippen molar-refractivity contribution in [3.63, 3.8) is 0 Å². The summed E-state index contributed by atoms with van der Waals surface area (Å²) in [7, 11) is 0. The average molecular weight is 1150 g/mol. The van der Waals surface area contributed by atoms with Gasteiger partial charge in [-0.1, -0.05) is 48.5 Å². The summed E-state index contributed by atoms with van der Waals surface area (Å²) in [5, 5.41) is 164. The largest absolute Gasteiger partial charge is 0.481 e. The highest BCUT2D eigenvalue weighted by molar-refractivity contribution is 5.94. The van der Waals surface area contributed by atoms with Gasteiger partial charge < -0.3 is 134 Å². The van der Waals surface area contributed by atoms with Crippen LogP contribution in [0, 0.1) is 5.92 Å². The summed E-state index contributed by atoms with van der Waals surface area (Å²) in [6.07, 6.45) is -45.5. The van der Waals surface area contributed by atoms with E-state index in [1.165, 1.54) is 6.92 Å². The number of hydrogen-bond acceptors (Lipinski definition) is 28. The van der Waals surface area contributed by atoms with Crippen molar-refractivity contribution in [3.8, 4) is 11.1 Å². The number of hydrogen-bond donors (Lipinski definition) is 16. The fraction of sp³-hybridized carbons (Fsp3) is 0.700. The number of carboxylic acids is 1. The number of benzene rings is 2. The van der Waals surface area contributed by atoms with Gasteiger partial charge in [-0.15, -0.1) is 0 Å². The number of carbonyl (C=O) groups is 3. The molecule has 1 unspecified atom stereocenters. The predicted molar refractivity (Wildman–Crippen MR) is 256 cm³/mol. The van der Waals surface area contributed by atoms with E-state index in [4.69, 9.17) is 52.1 Å². The topological polar surface area (TPSA) is 468 Å². The van der Waals surface area contributed by atoms with Crippen LogP contribution in [-0.4, -0.2) is 288 Å². The Bertz CT molecular complexity index is 2340. The molecule has 0 aromatic heterocycles. The molecule has 2 aromatic carbocycles. The van der Waals surface area contributed by atoms with Crippen molar-refractivity contribution in [2.45, 2.75) is 173 Å². The van der Waals surface area contributed by atoms with Crippen molar-refractivity contribution in [2.75, 3.05) is 39.6 Å². The highest BCUT2D eigenvalue weighted by Gasteiger charge is 2.58. The van der Waals surface area contributed by atoms with Gasteiger partial charge in [-0.3, -0.25) is 14.4 Å². The molecule has 16 N–H and O–H groups in total. The molecule has 1 aliphatic carbocycles. The number of amides is 1. The third-order valence-corrected chi connectivity index (χ3v) is 15.0. The summed E-state index contributed by atoms with van der Waals surface area (Å²) in [5.41, 5.74) is 3.50. The number of aliphatic hydroxyl groups excluding tert-OH is 14. The van der Waals surface area contributed by atoms with Crippen LogP contribution >= 0.6 is 0 Å². The smallest absolute Gasteiger partial charge is 0.322 e. The quantitative estimate of drug-likeness (QED) is 0.0432. The van der Waals surface area contributed by atoms with E-state index < -0.39 is 216 Å². The molecule has 26 atom stereocenters. The number of aliphatic carboxylic acids is 1. The van der Waals surface area contributed by atoms with Gasteiger partial charge in [0, 0.05) is 12.8 Å². The lowest BCUT2D eigenvalue weighted by molar-refractivity contribution is -0.399. The Morgan fingerprint density at radius 1 is 0.512 bits per heavy atom. The van der Waals surface area contributed by atoms with E-state index >= 15 is 0 Å². The molecule has 2 aromatic rings. The summed E-state index contributed by atoms with van der Waals surface area (Å²) < 4.78 is 63.9. The van der Waals surface area contributed by atoms with Crippen molar-refractivity contribution >= 4 is 17.8 Å². The van der Waals surface area contributed by atoms with Crippen molar-refractivity contribution in [2.24, 2.45) is 5.92 Å². The van der Waals surface area contributed by atoms with Crippen LogP contribution in [0.15, 0.2) is 48.5 Å². The van der Waals surface area contributed by atoms with E-state index in [-0.39, 0.29) is 6.61 Å². The molecule has 0 radical (unpaired) electrons. The minimum atomic E-state index is -2.24. The zero-order chi connectivity index (χ0) is 58.0. The van der Waals surface area contributed by atoms with Crippen molar-refractivity contribution < 1.29 is 143 Å². The molecule has 5 heterocycles. The Balaban J connectivity index is 1.01. The first-order valence-corrected chi connectivity index (χ1v) is 25.7. The zero-order valence-electron chi connectivity index (χ0n) is 42.9. The van der Waals surface area contributed by atoms with Crippen LogP contribution in [0.2, 0.25) is 0 Å². The number of carbonyl (C=O) groups excluding carboxylic acids is 2. The number of nitrogens with one attached hydrogen (secondary N) is 1. The molecular weight excluding hydrogens is 1080 g/mol. The Labute approximate surface area is 455 Å². The van der Waals surface area contributed by atoms with E-state index in [9.17, 15) is 91.0 Å². The summed E-state index contributed by atoms with van der Waals surface area (Å²) in [5.74, 6) is -6.28. The first-order valence-electron chi connectivity index (χ1n) is 25.7. The number of rotatable bonds is 20. The van der Waals surface area contributed by atoms with Crippen LogP contribution in [0.5, 0.6) is 0 Å². The first-order chi connectivity index (χ1) is 38.1. The maximum absolute atomic E-state index is 13.5. The van der Waals surface area contributed by atoms with Gasteiger partial charge in [0.2, 0.25) is 5.91 Å². The predicted octanol–water partition coefficient (Wildman–Crippen LogP) is -7.67. The summed E-state index contributed by atoms with van der Waals surface area (Å²) in [4.78, 5) is 38.9. The highest BCUT2D eigenvalue weighted by atomic mass is 16.8. The molecule has 8 rings (SSSR count). The van der Waals surface area contributed by atoms with Gasteiger partial charge >= 0.3 is 11.9 Å². The van der Waals surface area contributed by atoms with Gasteiger partial charge in [-0.2, -0.15) is 0 Å². The van der Waals surface area contributed by atoms with Crippen LogP contribution in [0.4, 0.5) is 0 Å². The maximum atomic E-state index is 13.5. The number of carboxylic acid groups (broad SMARTS) is 1. The van der Waals surface area contributed by atoms with Crippen LogP contribution in [0.3, 0.4) is 0 Å². The normalized spacial score (nSPS) is 41.5. The third-order valence-electron chi connectivity index (χ3n) is 15.0. The summed E-state index contributed by atoms with van der Waals surface area (Å²) >= 11 is 0. The number of aliphatic hydroxyl groups is 14. The van der Waals surface area contributed by atoms with Gasteiger partial charge in [-0.25, -0.2) is 0 Å². The number of ether oxygens (including phenoxy) is 11. The van der Waals surface area contributed by atoms with Crippen molar-refractivity contribution in [3.05, 3.63) is 59.7 Å². The van der Waals surface area contributed by atoms with Gasteiger partial charge in [0.15, 0.2) is 37.4 Å². The second-order valence-corrected chi connectivity index (χ2v) is 20.2. The van der Waals surface area contributed by atoms with Crippen molar-refractivity contribution in [1.29, 1.82) is 0 Å². The Morgan fingerprint density at radius 2 is 0.975 bits per heavy atom. The Kier molecular flexibility index (Phi) is 20.6. The molecule has 5 aliphatic heterocycles. The van der Waals surface area contributed by atoms with E-state index in [0.29, 0.717) is 0 Å². The van der Waals surface area contributed by atoms with E-state index in [0.717, 1.165) is 29.2 Å². The molecular formula is C50H69NO29. The second kappa shape index (κ2) is 26.6. The number of fused-ring (bicyclic) bond motifs is 3. The average Bonchev–Trinajstić information content (AvgIpc) is 3.79. The van der Waals surface area contributed by atoms with E-state index in [1.807, 2.05) is 48.5 Å². The van der Waals surface area contributed by atoms with E-state index in [1.54, 1.807) is 0 Å². The maximum Gasteiger partial charge on any atom is 0.322 e. The van der Waals surface area contributed by atoms with E-state index in [2.05, 4.69) is 5.32 Å². The minimum Gasteiger partial charge on any atom is -0.481 e. The molecule has 1 amide bonds. The molecule has 5 saturated heterocycles. The molecule has 0 saturated carbocycles. The molecule has 5 fully saturated rings. The molecule has 448 valence electrons. The molecule has 0 bridgehead atoms. The monoisotopic (exact) mass is 1150 g/mol. The lowest BCUT2D eigenvalue weighted by Crippen LogP contribution is -2.70. The molecule has 6 aliphatic rings. The molecule has 80 heavy (non-hydrogen) atoms. The van der Waals surface area contributed by atoms with Crippen LogP contribution < -0.4 is 5.32 Å². The fourth-order valence-electron chi connectivity index (χ4n) is 10.6. The van der Waals surface area contributed by atoms with Gasteiger partial charge in [0.25, 0.3) is 0 Å². The van der Waals surface area contributed by atoms with Gasteiger partial charge in [-0.05, 0) is 29.2 Å². The van der Waals surface area contributed by atoms with Crippen LogP contribution in [0.25, 0.3) is 11.1 Å². The molecule has 30 heteroatoms. The molecule has 0 spiro atoms. The minimum absolute atomic E-state index is 0.263. The Morgan fingerprint density at radius 3 is 1.55 bits per heavy atom. The van der Waals surface area contributed by atoms with Crippen LogP contribution in [-0.2, 0) is 66.5 Å². The molecule has 30 nitrogen and oxygen atoms in total. The third kappa shape index (κ3) is 12.7. The second-order valence-electron chi connectivity index (χ2n) is 20.2. The lowest BCUT2D eigenvalue weighted by atomic mass is 9.94. The van der Waals surface area contributed by atoms with Crippen molar-refractivity contribution in [1.82, 2.24) is 5.32 Å². The summed E-state index contributed by atoms with van der Waals surface area (Å²) in [6, 6.07) is 13.0. The highest BCUT2D eigenvalue weighted by Crippen LogP contribution is 2.45. The zero-order valence-corrected chi connectivity index (χ0v) is 42.9. The van der Waals surface area contributed by atoms with Gasteiger partial charge in [0.05, 0.1) is 39.1 Å². The Hall–Kier alpha value is -4.11. The first kappa shape index (κ1) is 61.9. The van der Waals surface area contributed by atoms with Crippen LogP contribution in [0.1, 0.15) is 30.9 Å². The van der Waals surface area contributed by atoms with Gasteiger partial charge in [0.1, 0.15) is 123 Å². The lowest BCUT2D eigenvalue weighted by Gasteiger charge is -2.51. The summed E-state index contributed by atoms with van der Waals surface area (Å²) in [6.45, 7) is -2.94. The SMILES string of the molecule is CC(=O)N[C@H]1[C@H](O[C@@H]2[C@@H](OCC(C(=O)O)C(=O)OCC3c4ccccc4-c4ccccc43)O[C@H](CO)[C@@H](O)[C@@H]2O)O[C@H](CO)[C@@H](O[C@@H]2O[C@H](CO)[C@H](O[C@@H]3O[C@H](CO)[C@H](O)[C@H](O)[C@H]3O)[C@H](O[C@@H]3O[C@@H](C)[C@@H](O)[C@@H](O)[C@@H]3O)[C@H]2O)[C@@H]1O. The number of esters is 1.